The SMILES string of the molecule is CCC/C(=C\c1cc(I)c(O)c(OC)c1)CC[C@@H](O)C1=C(COC)C[C@H]2C(=O)N(C3CCCCC3)C(=O)[C@H]2[C@H]1CO. The van der Waals surface area contributed by atoms with Crippen LogP contribution in [0.25, 0.3) is 6.08 Å². The topological polar surface area (TPSA) is 117 Å². The van der Waals surface area contributed by atoms with Crippen LogP contribution in [0.15, 0.2) is 28.9 Å². The molecule has 1 saturated carbocycles. The van der Waals surface area contributed by atoms with E-state index in [4.69, 9.17) is 9.47 Å². The molecule has 1 aliphatic heterocycles. The second-order valence-electron chi connectivity index (χ2n) is 11.6. The molecule has 2 fully saturated rings. The molecule has 4 atom stereocenters. The van der Waals surface area contributed by atoms with E-state index in [1.807, 2.05) is 6.07 Å². The maximum absolute atomic E-state index is 13.7. The molecule has 0 spiro atoms. The van der Waals surface area contributed by atoms with Crippen LogP contribution >= 0.6 is 22.6 Å². The molecule has 41 heavy (non-hydrogen) atoms. The van der Waals surface area contributed by atoms with Gasteiger partial charge in [-0.25, -0.2) is 0 Å². The van der Waals surface area contributed by atoms with Crippen molar-refractivity contribution in [1.82, 2.24) is 4.90 Å². The number of allylic oxidation sites excluding steroid dienone is 1. The summed E-state index contributed by atoms with van der Waals surface area (Å²) in [6.45, 7) is 2.05. The number of benzene rings is 1. The van der Waals surface area contributed by atoms with Gasteiger partial charge in [0.25, 0.3) is 0 Å². The molecule has 4 rings (SSSR count). The van der Waals surface area contributed by atoms with Gasteiger partial charge in [0.2, 0.25) is 11.8 Å². The van der Waals surface area contributed by atoms with E-state index in [2.05, 4.69) is 35.6 Å². The fraction of sp³-hybridized carbons (Fsp3) is 0.625. The van der Waals surface area contributed by atoms with Crippen molar-refractivity contribution in [1.29, 1.82) is 0 Å². The number of halogens is 1. The van der Waals surface area contributed by atoms with Gasteiger partial charge in [-0.05, 0) is 90.0 Å². The highest BCUT2D eigenvalue weighted by Crippen LogP contribution is 2.47. The number of carbonyl (C=O) groups is 2. The van der Waals surface area contributed by atoms with Crippen molar-refractivity contribution in [2.24, 2.45) is 17.8 Å². The Bertz CT molecular complexity index is 1170. The van der Waals surface area contributed by atoms with E-state index in [0.29, 0.717) is 34.2 Å². The van der Waals surface area contributed by atoms with E-state index in [9.17, 15) is 24.9 Å². The van der Waals surface area contributed by atoms with Crippen molar-refractivity contribution in [2.75, 3.05) is 27.4 Å². The lowest BCUT2D eigenvalue weighted by Crippen LogP contribution is -2.42. The lowest BCUT2D eigenvalue weighted by atomic mass is 9.68. The Labute approximate surface area is 256 Å². The number of aliphatic hydroxyl groups excluding tert-OH is 2. The predicted molar refractivity (Wildman–Crippen MR) is 165 cm³/mol. The number of methoxy groups -OCH3 is 2. The molecule has 3 N–H and O–H groups in total. The lowest BCUT2D eigenvalue weighted by Gasteiger charge is -2.36. The zero-order valence-corrected chi connectivity index (χ0v) is 26.6. The van der Waals surface area contributed by atoms with Crippen LogP contribution in [0.3, 0.4) is 0 Å². The van der Waals surface area contributed by atoms with Gasteiger partial charge in [0.15, 0.2) is 11.5 Å². The minimum atomic E-state index is -0.875. The summed E-state index contributed by atoms with van der Waals surface area (Å²) in [7, 11) is 3.11. The Morgan fingerprint density at radius 1 is 1.15 bits per heavy atom. The van der Waals surface area contributed by atoms with Gasteiger partial charge in [-0.2, -0.15) is 0 Å². The van der Waals surface area contributed by atoms with E-state index >= 15 is 0 Å². The zero-order chi connectivity index (χ0) is 29.7. The first-order valence-electron chi connectivity index (χ1n) is 14.9. The van der Waals surface area contributed by atoms with Crippen LogP contribution in [0.1, 0.15) is 76.7 Å². The number of phenols is 1. The van der Waals surface area contributed by atoms with E-state index in [1.165, 1.54) is 12.0 Å². The first kappa shape index (κ1) is 32.0. The minimum Gasteiger partial charge on any atom is -0.504 e. The van der Waals surface area contributed by atoms with E-state index < -0.39 is 23.9 Å². The molecule has 2 aliphatic carbocycles. The Morgan fingerprint density at radius 3 is 2.51 bits per heavy atom. The third-order valence-electron chi connectivity index (χ3n) is 8.98. The Balaban J connectivity index is 1.58. The molecule has 9 heteroatoms. The fourth-order valence-electron chi connectivity index (χ4n) is 7.13. The number of hydrogen-bond acceptors (Lipinski definition) is 7. The standard InChI is InChI=1S/C32H44INO7/c1-4-8-19(13-20-14-25(33)30(37)27(15-20)41-3)11-12-26(36)28-21(18-40-2)16-23-29(24(28)17-35)32(39)34(31(23)38)22-9-6-5-7-10-22/h13-15,22-24,26,29,35-37H,4-12,16-18H2,1-3H3/b19-13+/t23-,24+,26-,29-/m1/s1. The van der Waals surface area contributed by atoms with Gasteiger partial charge in [0.05, 0.1) is 41.8 Å². The summed E-state index contributed by atoms with van der Waals surface area (Å²) in [5.74, 6) is -1.55. The molecule has 3 aliphatic rings. The second kappa shape index (κ2) is 14.5. The predicted octanol–water partition coefficient (Wildman–Crippen LogP) is 5.22. The highest BCUT2D eigenvalue weighted by Gasteiger charge is 2.56. The Kier molecular flexibility index (Phi) is 11.3. The number of likely N-dealkylation sites (tertiary alicyclic amines) is 1. The summed E-state index contributed by atoms with van der Waals surface area (Å²) in [6.07, 6.45) is 9.22. The van der Waals surface area contributed by atoms with E-state index in [1.54, 1.807) is 13.2 Å². The number of rotatable bonds is 12. The van der Waals surface area contributed by atoms with E-state index in [0.717, 1.165) is 61.7 Å². The average molecular weight is 682 g/mol. The van der Waals surface area contributed by atoms with Gasteiger partial charge >= 0.3 is 0 Å². The maximum Gasteiger partial charge on any atom is 0.234 e. The van der Waals surface area contributed by atoms with Crippen molar-refractivity contribution in [2.45, 2.75) is 83.3 Å². The molecule has 1 heterocycles. The lowest BCUT2D eigenvalue weighted by molar-refractivity contribution is -0.143. The highest BCUT2D eigenvalue weighted by atomic mass is 127. The smallest absolute Gasteiger partial charge is 0.234 e. The average Bonchev–Trinajstić information content (AvgIpc) is 3.22. The molecular formula is C32H44INO7. The third-order valence-corrected chi connectivity index (χ3v) is 9.81. The molecule has 8 nitrogen and oxygen atoms in total. The van der Waals surface area contributed by atoms with Gasteiger partial charge in [-0.3, -0.25) is 14.5 Å². The van der Waals surface area contributed by atoms with Crippen LogP contribution in [-0.4, -0.2) is 71.6 Å². The van der Waals surface area contributed by atoms with Crippen LogP contribution < -0.4 is 4.74 Å². The second-order valence-corrected chi connectivity index (χ2v) is 12.8. The molecule has 2 amide bonds. The molecule has 0 aromatic heterocycles. The molecule has 1 saturated heterocycles. The van der Waals surface area contributed by atoms with Crippen molar-refractivity contribution in [3.05, 3.63) is 38.0 Å². The van der Waals surface area contributed by atoms with Crippen LogP contribution in [0.4, 0.5) is 0 Å². The number of hydrogen-bond donors (Lipinski definition) is 3. The Hall–Kier alpha value is -1.95. The van der Waals surface area contributed by atoms with Crippen molar-refractivity contribution >= 4 is 40.5 Å². The summed E-state index contributed by atoms with van der Waals surface area (Å²) in [5.41, 5.74) is 3.55. The van der Waals surface area contributed by atoms with Crippen molar-refractivity contribution < 1.29 is 34.4 Å². The van der Waals surface area contributed by atoms with Gasteiger partial charge in [0, 0.05) is 19.1 Å². The summed E-state index contributed by atoms with van der Waals surface area (Å²) in [5, 5.41) is 32.4. The zero-order valence-electron chi connectivity index (χ0n) is 24.4. The number of fused-ring (bicyclic) bond motifs is 1. The third kappa shape index (κ3) is 6.84. The highest BCUT2D eigenvalue weighted by molar-refractivity contribution is 14.1. The normalized spacial score (nSPS) is 24.7. The number of aromatic hydroxyl groups is 1. The first-order valence-corrected chi connectivity index (χ1v) is 16.0. The summed E-state index contributed by atoms with van der Waals surface area (Å²) in [6, 6.07) is 3.64. The summed E-state index contributed by atoms with van der Waals surface area (Å²) < 4.78 is 11.5. The largest absolute Gasteiger partial charge is 0.504 e. The number of carbonyl (C=O) groups excluding carboxylic acids is 2. The van der Waals surface area contributed by atoms with Crippen molar-refractivity contribution in [3.63, 3.8) is 0 Å². The van der Waals surface area contributed by atoms with Crippen LogP contribution in [0.5, 0.6) is 11.5 Å². The number of aliphatic hydroxyl groups is 2. The number of nitrogens with zero attached hydrogens (tertiary/aromatic N) is 1. The minimum absolute atomic E-state index is 0.0590. The van der Waals surface area contributed by atoms with E-state index in [-0.39, 0.29) is 36.8 Å². The summed E-state index contributed by atoms with van der Waals surface area (Å²) in [4.78, 5) is 28.8. The fourth-order valence-corrected chi connectivity index (χ4v) is 7.75. The molecular weight excluding hydrogens is 637 g/mol. The van der Waals surface area contributed by atoms with Gasteiger partial charge in [0.1, 0.15) is 0 Å². The van der Waals surface area contributed by atoms with Crippen LogP contribution in [0, 0.1) is 21.3 Å². The maximum atomic E-state index is 13.7. The van der Waals surface area contributed by atoms with Gasteiger partial charge in [-0.15, -0.1) is 0 Å². The van der Waals surface area contributed by atoms with Crippen LogP contribution in [-0.2, 0) is 14.3 Å². The molecule has 1 aromatic carbocycles. The number of imide groups is 1. The van der Waals surface area contributed by atoms with Crippen LogP contribution in [0.2, 0.25) is 0 Å². The Morgan fingerprint density at radius 2 is 1.88 bits per heavy atom. The molecule has 226 valence electrons. The monoisotopic (exact) mass is 681 g/mol. The number of ether oxygens (including phenoxy) is 2. The number of amides is 2. The quantitative estimate of drug-likeness (QED) is 0.158. The first-order chi connectivity index (χ1) is 19.7. The van der Waals surface area contributed by atoms with Gasteiger partial charge < -0.3 is 24.8 Å². The summed E-state index contributed by atoms with van der Waals surface area (Å²) >= 11 is 2.08. The van der Waals surface area contributed by atoms with Crippen molar-refractivity contribution in [3.8, 4) is 11.5 Å². The molecule has 1 aromatic rings. The molecule has 0 bridgehead atoms. The molecule has 0 radical (unpaired) electrons. The number of phenolic OH excluding ortho intramolecular Hbond substituents is 1. The van der Waals surface area contributed by atoms with Gasteiger partial charge in [-0.1, -0.05) is 44.3 Å². The molecule has 0 unspecified atom stereocenters.